The highest BCUT2D eigenvalue weighted by atomic mass is 16.5. The highest BCUT2D eigenvalue weighted by Gasteiger charge is 2.31. The Morgan fingerprint density at radius 2 is 1.86 bits per heavy atom. The number of pyridine rings is 1. The van der Waals surface area contributed by atoms with Crippen molar-refractivity contribution in [3.8, 4) is 0 Å². The number of aryl methyl sites for hydroxylation is 2. The topological polar surface area (TPSA) is 64.3 Å². The molecule has 1 aliphatic heterocycles. The number of hydrogen-bond donors (Lipinski definition) is 0. The molecule has 5 heteroatoms. The van der Waals surface area contributed by atoms with Gasteiger partial charge in [-0.2, -0.15) is 4.73 Å². The molecule has 0 saturated carbocycles. The van der Waals surface area contributed by atoms with E-state index in [1.165, 1.54) is 28.9 Å². The third kappa shape index (κ3) is 3.07. The van der Waals surface area contributed by atoms with E-state index < -0.39 is 0 Å². The summed E-state index contributed by atoms with van der Waals surface area (Å²) in [4.78, 5) is 28.0. The van der Waals surface area contributed by atoms with Crippen LogP contribution in [0.3, 0.4) is 0 Å². The molecule has 5 nitrogen and oxygen atoms in total. The third-order valence-electron chi connectivity index (χ3n) is 6.24. The molecule has 2 aliphatic rings. The van der Waals surface area contributed by atoms with Crippen molar-refractivity contribution in [3.05, 3.63) is 82.3 Å². The Kier molecular flexibility index (Phi) is 4.31. The van der Waals surface area contributed by atoms with Gasteiger partial charge in [0.05, 0.1) is 0 Å². The van der Waals surface area contributed by atoms with Gasteiger partial charge < -0.3 is 10.1 Å². The fourth-order valence-corrected chi connectivity index (χ4v) is 4.82. The molecule has 1 fully saturated rings. The van der Waals surface area contributed by atoms with E-state index in [-0.39, 0.29) is 17.6 Å². The maximum atomic E-state index is 13.4. The summed E-state index contributed by atoms with van der Waals surface area (Å²) in [6.07, 6.45) is 6.28. The largest absolute Gasteiger partial charge is 0.619 e. The first-order valence-electron chi connectivity index (χ1n) is 10.2. The number of rotatable bonds is 3. The molecule has 0 unspecified atom stereocenters. The minimum atomic E-state index is -0.214. The molecule has 5 rings (SSSR count). The van der Waals surface area contributed by atoms with Gasteiger partial charge in [0.25, 0.3) is 5.91 Å². The van der Waals surface area contributed by atoms with E-state index in [2.05, 4.69) is 12.1 Å². The number of carbonyl (C=O) groups excluding carboxylic acids is 2. The Balaban J connectivity index is 1.42. The van der Waals surface area contributed by atoms with Gasteiger partial charge in [0, 0.05) is 30.6 Å². The van der Waals surface area contributed by atoms with Gasteiger partial charge in [0.15, 0.2) is 18.2 Å². The van der Waals surface area contributed by atoms with Gasteiger partial charge in [-0.15, -0.1) is 0 Å². The lowest BCUT2D eigenvalue weighted by Gasteiger charge is -2.32. The first kappa shape index (κ1) is 17.9. The van der Waals surface area contributed by atoms with Gasteiger partial charge in [-0.3, -0.25) is 9.59 Å². The second kappa shape index (κ2) is 6.99. The lowest BCUT2D eigenvalue weighted by molar-refractivity contribution is -0.605. The van der Waals surface area contributed by atoms with Crippen LogP contribution in [0.15, 0.2) is 54.9 Å². The lowest BCUT2D eigenvalue weighted by atomic mass is 9.87. The summed E-state index contributed by atoms with van der Waals surface area (Å²) in [5.74, 6) is -0.285. The zero-order valence-corrected chi connectivity index (χ0v) is 16.1. The van der Waals surface area contributed by atoms with E-state index in [0.717, 1.165) is 36.6 Å². The summed E-state index contributed by atoms with van der Waals surface area (Å²) in [5, 5.41) is 13.8. The number of aromatic nitrogens is 1. The fraction of sp³-hybridized carbons (Fsp3) is 0.292. The molecule has 146 valence electrons. The van der Waals surface area contributed by atoms with Crippen molar-refractivity contribution in [3.63, 3.8) is 0 Å². The molecule has 1 aliphatic carbocycles. The summed E-state index contributed by atoms with van der Waals surface area (Å²) >= 11 is 0. The molecular weight excluding hydrogens is 364 g/mol. The molecule has 3 aromatic rings. The zero-order chi connectivity index (χ0) is 20.0. The van der Waals surface area contributed by atoms with Crippen LogP contribution >= 0.6 is 0 Å². The van der Waals surface area contributed by atoms with Crippen LogP contribution in [0.5, 0.6) is 0 Å². The molecular formula is C24H22N2O3. The van der Waals surface area contributed by atoms with Crippen LogP contribution in [-0.4, -0.2) is 29.7 Å². The van der Waals surface area contributed by atoms with Crippen molar-refractivity contribution in [1.82, 2.24) is 4.90 Å². The minimum absolute atomic E-state index is 0.116. The first-order valence-corrected chi connectivity index (χ1v) is 10.2. The molecule has 0 radical (unpaired) electrons. The molecule has 0 bridgehead atoms. The number of Topliss-reactive ketones (excluding diaryl/α,β-unsaturated/α-hetero) is 1. The summed E-state index contributed by atoms with van der Waals surface area (Å²) in [7, 11) is 0. The molecule has 2 heterocycles. The smallest absolute Gasteiger partial charge is 0.259 e. The van der Waals surface area contributed by atoms with E-state index >= 15 is 0 Å². The van der Waals surface area contributed by atoms with E-state index in [1.807, 2.05) is 18.2 Å². The van der Waals surface area contributed by atoms with E-state index in [9.17, 15) is 14.8 Å². The van der Waals surface area contributed by atoms with Crippen LogP contribution in [0, 0.1) is 11.1 Å². The van der Waals surface area contributed by atoms with Gasteiger partial charge in [-0.25, -0.2) is 0 Å². The molecule has 0 N–H and O–H groups in total. The normalized spacial score (nSPS) is 18.2. The van der Waals surface area contributed by atoms with Gasteiger partial charge in [0.2, 0.25) is 0 Å². The van der Waals surface area contributed by atoms with Crippen molar-refractivity contribution in [2.24, 2.45) is 5.92 Å². The number of ketones is 1. The Hall–Kier alpha value is -3.21. The maximum Gasteiger partial charge on any atom is 0.259 e. The van der Waals surface area contributed by atoms with Gasteiger partial charge in [-0.05, 0) is 53.6 Å². The quantitative estimate of drug-likeness (QED) is 0.394. The number of nitrogens with zero attached hydrogens (tertiary/aromatic N) is 2. The number of carbonyl (C=O) groups is 2. The summed E-state index contributed by atoms with van der Waals surface area (Å²) in [6, 6.07) is 13.5. The van der Waals surface area contributed by atoms with E-state index in [0.29, 0.717) is 23.4 Å². The third-order valence-corrected chi connectivity index (χ3v) is 6.24. The monoisotopic (exact) mass is 386 g/mol. The highest BCUT2D eigenvalue weighted by molar-refractivity contribution is 6.11. The number of hydrogen-bond acceptors (Lipinski definition) is 3. The van der Waals surface area contributed by atoms with E-state index in [4.69, 9.17) is 0 Å². The van der Waals surface area contributed by atoms with Crippen molar-refractivity contribution in [1.29, 1.82) is 0 Å². The van der Waals surface area contributed by atoms with Gasteiger partial charge in [0.1, 0.15) is 5.56 Å². The Labute approximate surface area is 169 Å². The fourth-order valence-electron chi connectivity index (χ4n) is 4.82. The summed E-state index contributed by atoms with van der Waals surface area (Å²) < 4.78 is 0.632. The summed E-state index contributed by atoms with van der Waals surface area (Å²) in [5.41, 5.74) is 3.77. The molecule has 1 amide bonds. The average Bonchev–Trinajstić information content (AvgIpc) is 3.18. The lowest BCUT2D eigenvalue weighted by Crippen LogP contribution is -2.43. The second-order valence-electron chi connectivity index (χ2n) is 8.02. The number of benzene rings is 2. The Morgan fingerprint density at radius 1 is 1.03 bits per heavy atom. The molecule has 2 aromatic carbocycles. The summed E-state index contributed by atoms with van der Waals surface area (Å²) in [6.45, 7) is 1.01. The first-order chi connectivity index (χ1) is 14.1. The van der Waals surface area contributed by atoms with E-state index in [1.54, 1.807) is 17.0 Å². The second-order valence-corrected chi connectivity index (χ2v) is 8.02. The van der Waals surface area contributed by atoms with Crippen LogP contribution < -0.4 is 4.73 Å². The van der Waals surface area contributed by atoms with Gasteiger partial charge in [-0.1, -0.05) is 30.3 Å². The Morgan fingerprint density at radius 3 is 2.69 bits per heavy atom. The van der Waals surface area contributed by atoms with Crippen LogP contribution in [0.1, 0.15) is 44.7 Å². The predicted octanol–water partition coefficient (Wildman–Crippen LogP) is 3.31. The number of piperidine rings is 1. The zero-order valence-electron chi connectivity index (χ0n) is 16.1. The highest BCUT2D eigenvalue weighted by Crippen LogP contribution is 2.34. The number of amides is 1. The van der Waals surface area contributed by atoms with Crippen LogP contribution in [0.2, 0.25) is 0 Å². The minimum Gasteiger partial charge on any atom is -0.619 e. The average molecular weight is 386 g/mol. The van der Waals surface area contributed by atoms with Crippen molar-refractivity contribution in [2.75, 3.05) is 13.1 Å². The SMILES string of the molecule is O=C(c1ccc2c3c(cccc13)CC2)[C@@H]1CCCN(C(=O)c2ccc[n+]([O-])c2)C1. The van der Waals surface area contributed by atoms with Crippen LogP contribution in [0.25, 0.3) is 10.8 Å². The predicted molar refractivity (Wildman–Crippen MR) is 110 cm³/mol. The standard InChI is InChI=1S/C24H22N2O3/c27-23(21-11-10-17-9-8-16-4-1-7-20(21)22(16)17)18-5-2-12-25(14-18)24(28)19-6-3-13-26(29)15-19/h1,3-4,6-7,10-11,13,15,18H,2,5,8-9,12,14H2/t18-/m1/s1. The molecule has 29 heavy (non-hydrogen) atoms. The number of likely N-dealkylation sites (tertiary alicyclic amines) is 1. The van der Waals surface area contributed by atoms with Crippen LogP contribution in [-0.2, 0) is 12.8 Å². The van der Waals surface area contributed by atoms with Gasteiger partial charge >= 0.3 is 0 Å². The Bertz CT molecular complexity index is 1130. The molecule has 0 spiro atoms. The maximum absolute atomic E-state index is 13.4. The van der Waals surface area contributed by atoms with Crippen molar-refractivity contribution >= 4 is 22.5 Å². The molecule has 1 saturated heterocycles. The molecule has 1 atom stereocenters. The molecule has 1 aromatic heterocycles. The van der Waals surface area contributed by atoms with Crippen molar-refractivity contribution in [2.45, 2.75) is 25.7 Å². The van der Waals surface area contributed by atoms with Crippen LogP contribution in [0.4, 0.5) is 0 Å². The van der Waals surface area contributed by atoms with Crippen molar-refractivity contribution < 1.29 is 14.3 Å².